The van der Waals surface area contributed by atoms with Crippen LogP contribution in [-0.2, 0) is 4.79 Å². The van der Waals surface area contributed by atoms with Crippen molar-refractivity contribution in [2.45, 2.75) is 19.9 Å². The van der Waals surface area contributed by atoms with Gasteiger partial charge in [-0.1, -0.05) is 40.9 Å². The van der Waals surface area contributed by atoms with E-state index in [2.05, 4.69) is 5.32 Å². The average Bonchev–Trinajstić information content (AvgIpc) is 2.73. The topological polar surface area (TPSA) is 69.7 Å². The third-order valence-corrected chi connectivity index (χ3v) is 5.59. The van der Waals surface area contributed by atoms with Gasteiger partial charge in [-0.05, 0) is 44.2 Å². The summed E-state index contributed by atoms with van der Waals surface area (Å²) in [5.41, 5.74) is 1.88. The smallest absolute Gasteiger partial charge is 0.255 e. The molecule has 0 saturated carbocycles. The SMILES string of the molecule is Cc1cccc(C(=O)NC(C)C(=O)N2CCN(C(=O)c3ccc(Cl)cc3Cl)CC2)c1. The second-order valence-electron chi connectivity index (χ2n) is 7.31. The normalized spacial score (nSPS) is 14.9. The van der Waals surface area contributed by atoms with E-state index in [1.54, 1.807) is 47.1 Å². The molecule has 1 fully saturated rings. The van der Waals surface area contributed by atoms with Crippen molar-refractivity contribution in [2.75, 3.05) is 26.2 Å². The minimum atomic E-state index is -0.661. The fourth-order valence-corrected chi connectivity index (χ4v) is 3.85. The Hall–Kier alpha value is -2.57. The molecule has 1 aliphatic rings. The summed E-state index contributed by atoms with van der Waals surface area (Å²) in [7, 11) is 0. The van der Waals surface area contributed by atoms with E-state index in [1.165, 1.54) is 6.07 Å². The first-order chi connectivity index (χ1) is 14.3. The molecule has 3 amide bonds. The van der Waals surface area contributed by atoms with Crippen LogP contribution in [0.4, 0.5) is 0 Å². The Kier molecular flexibility index (Phi) is 7.00. The summed E-state index contributed by atoms with van der Waals surface area (Å²) in [4.78, 5) is 41.2. The summed E-state index contributed by atoms with van der Waals surface area (Å²) in [5, 5.41) is 3.52. The molecule has 1 unspecified atom stereocenters. The highest BCUT2D eigenvalue weighted by molar-refractivity contribution is 6.36. The van der Waals surface area contributed by atoms with Crippen LogP contribution < -0.4 is 5.32 Å². The summed E-state index contributed by atoms with van der Waals surface area (Å²) in [6.07, 6.45) is 0. The molecule has 2 aromatic carbocycles. The summed E-state index contributed by atoms with van der Waals surface area (Å²) in [5.74, 6) is -0.650. The summed E-state index contributed by atoms with van der Waals surface area (Å²) in [6, 6.07) is 11.3. The number of rotatable bonds is 4. The van der Waals surface area contributed by atoms with Crippen LogP contribution in [-0.4, -0.2) is 59.7 Å². The maximum Gasteiger partial charge on any atom is 0.255 e. The molecule has 1 atom stereocenters. The Morgan fingerprint density at radius 3 is 2.27 bits per heavy atom. The summed E-state index contributed by atoms with van der Waals surface area (Å²) < 4.78 is 0. The molecule has 1 saturated heterocycles. The Bertz CT molecular complexity index is 972. The zero-order valence-corrected chi connectivity index (χ0v) is 18.3. The molecule has 8 heteroatoms. The number of carbonyl (C=O) groups is 3. The van der Waals surface area contributed by atoms with Crippen molar-refractivity contribution in [2.24, 2.45) is 0 Å². The number of benzene rings is 2. The molecule has 6 nitrogen and oxygen atoms in total. The van der Waals surface area contributed by atoms with E-state index in [0.717, 1.165) is 5.56 Å². The Balaban J connectivity index is 1.55. The lowest BCUT2D eigenvalue weighted by molar-refractivity contribution is -0.134. The molecule has 3 rings (SSSR count). The lowest BCUT2D eigenvalue weighted by Gasteiger charge is -2.36. The van der Waals surface area contributed by atoms with Crippen LogP contribution in [0.5, 0.6) is 0 Å². The van der Waals surface area contributed by atoms with Gasteiger partial charge in [-0.3, -0.25) is 14.4 Å². The maximum absolute atomic E-state index is 12.7. The molecule has 0 bridgehead atoms. The largest absolute Gasteiger partial charge is 0.341 e. The maximum atomic E-state index is 12.7. The highest BCUT2D eigenvalue weighted by atomic mass is 35.5. The standard InChI is InChI=1S/C22H23Cl2N3O3/c1-14-4-3-5-16(12-14)20(28)25-15(2)21(29)26-8-10-27(11-9-26)22(30)18-7-6-17(23)13-19(18)24/h3-7,12-13,15H,8-11H2,1-2H3,(H,25,28). The fourth-order valence-electron chi connectivity index (χ4n) is 3.37. The van der Waals surface area contributed by atoms with Gasteiger partial charge in [-0.15, -0.1) is 0 Å². The molecule has 1 N–H and O–H groups in total. The van der Waals surface area contributed by atoms with Crippen LogP contribution in [0.1, 0.15) is 33.2 Å². The number of halogens is 2. The van der Waals surface area contributed by atoms with Crippen molar-refractivity contribution < 1.29 is 14.4 Å². The first kappa shape index (κ1) is 22.1. The predicted molar refractivity (Wildman–Crippen MR) is 117 cm³/mol. The fraction of sp³-hybridized carbons (Fsp3) is 0.318. The Labute approximate surface area is 185 Å². The minimum Gasteiger partial charge on any atom is -0.341 e. The van der Waals surface area contributed by atoms with E-state index >= 15 is 0 Å². The lowest BCUT2D eigenvalue weighted by Crippen LogP contribution is -2.55. The number of piperazine rings is 1. The number of amides is 3. The quantitative estimate of drug-likeness (QED) is 0.780. The molecule has 0 aliphatic carbocycles. The van der Waals surface area contributed by atoms with Gasteiger partial charge in [0.15, 0.2) is 0 Å². The molecule has 1 aliphatic heterocycles. The van der Waals surface area contributed by atoms with E-state index in [4.69, 9.17) is 23.2 Å². The summed E-state index contributed by atoms with van der Waals surface area (Å²) >= 11 is 12.0. The molecule has 0 spiro atoms. The van der Waals surface area contributed by atoms with Crippen molar-refractivity contribution >= 4 is 40.9 Å². The van der Waals surface area contributed by atoms with Crippen molar-refractivity contribution in [3.8, 4) is 0 Å². The number of nitrogens with zero attached hydrogens (tertiary/aromatic N) is 2. The van der Waals surface area contributed by atoms with Crippen molar-refractivity contribution in [1.82, 2.24) is 15.1 Å². The van der Waals surface area contributed by atoms with Crippen LogP contribution >= 0.6 is 23.2 Å². The predicted octanol–water partition coefficient (Wildman–Crippen LogP) is 3.40. The molecule has 0 aromatic heterocycles. The number of nitrogens with one attached hydrogen (secondary N) is 1. The lowest BCUT2D eigenvalue weighted by atomic mass is 10.1. The van der Waals surface area contributed by atoms with Crippen molar-refractivity contribution in [3.63, 3.8) is 0 Å². The van der Waals surface area contributed by atoms with Gasteiger partial charge < -0.3 is 15.1 Å². The van der Waals surface area contributed by atoms with Gasteiger partial charge >= 0.3 is 0 Å². The number of hydrogen-bond acceptors (Lipinski definition) is 3. The van der Waals surface area contributed by atoms with Gasteiger partial charge in [-0.2, -0.15) is 0 Å². The molecule has 30 heavy (non-hydrogen) atoms. The van der Waals surface area contributed by atoms with Crippen LogP contribution in [0.3, 0.4) is 0 Å². The second kappa shape index (κ2) is 9.49. The Morgan fingerprint density at radius 1 is 0.967 bits per heavy atom. The highest BCUT2D eigenvalue weighted by Gasteiger charge is 2.29. The minimum absolute atomic E-state index is 0.173. The van der Waals surface area contributed by atoms with Gasteiger partial charge in [0.1, 0.15) is 6.04 Å². The third-order valence-electron chi connectivity index (χ3n) is 5.04. The molecule has 2 aromatic rings. The monoisotopic (exact) mass is 447 g/mol. The van der Waals surface area contributed by atoms with E-state index in [-0.39, 0.29) is 17.7 Å². The zero-order chi connectivity index (χ0) is 21.8. The van der Waals surface area contributed by atoms with Gasteiger partial charge in [0.25, 0.3) is 11.8 Å². The second-order valence-corrected chi connectivity index (χ2v) is 8.15. The average molecular weight is 448 g/mol. The van der Waals surface area contributed by atoms with E-state index in [1.807, 2.05) is 13.0 Å². The van der Waals surface area contributed by atoms with Crippen molar-refractivity contribution in [1.29, 1.82) is 0 Å². The van der Waals surface area contributed by atoms with Crippen LogP contribution in [0.15, 0.2) is 42.5 Å². The van der Waals surface area contributed by atoms with Crippen LogP contribution in [0.2, 0.25) is 10.0 Å². The molecule has 158 valence electrons. The summed E-state index contributed by atoms with van der Waals surface area (Å²) in [6.45, 7) is 5.13. The third kappa shape index (κ3) is 5.12. The molecule has 1 heterocycles. The van der Waals surface area contributed by atoms with Crippen molar-refractivity contribution in [3.05, 3.63) is 69.2 Å². The van der Waals surface area contributed by atoms with Gasteiger partial charge in [0, 0.05) is 36.8 Å². The Morgan fingerprint density at radius 2 is 1.63 bits per heavy atom. The molecule has 0 radical (unpaired) electrons. The number of carbonyl (C=O) groups excluding carboxylic acids is 3. The zero-order valence-electron chi connectivity index (χ0n) is 16.8. The number of hydrogen-bond donors (Lipinski definition) is 1. The highest BCUT2D eigenvalue weighted by Crippen LogP contribution is 2.23. The number of aryl methyl sites for hydroxylation is 1. The first-order valence-corrected chi connectivity index (χ1v) is 10.4. The van der Waals surface area contributed by atoms with Gasteiger partial charge in [0.2, 0.25) is 5.91 Å². The van der Waals surface area contributed by atoms with Gasteiger partial charge in [-0.25, -0.2) is 0 Å². The van der Waals surface area contributed by atoms with Crippen LogP contribution in [0, 0.1) is 6.92 Å². The first-order valence-electron chi connectivity index (χ1n) is 9.67. The van der Waals surface area contributed by atoms with E-state index < -0.39 is 6.04 Å². The van der Waals surface area contributed by atoms with Gasteiger partial charge in [0.05, 0.1) is 10.6 Å². The molecular formula is C22H23Cl2N3O3. The van der Waals surface area contributed by atoms with E-state index in [9.17, 15) is 14.4 Å². The van der Waals surface area contributed by atoms with Crippen LogP contribution in [0.25, 0.3) is 0 Å². The molecular weight excluding hydrogens is 425 g/mol. The van der Waals surface area contributed by atoms with E-state index in [0.29, 0.717) is 47.4 Å².